The predicted octanol–water partition coefficient (Wildman–Crippen LogP) is 3.77. The first-order valence-electron chi connectivity index (χ1n) is 11.3. The van der Waals surface area contributed by atoms with Crippen LogP contribution in [0.4, 0.5) is 11.4 Å². The topological polar surface area (TPSA) is 86.8 Å². The smallest absolute Gasteiger partial charge is 0.241 e. The van der Waals surface area contributed by atoms with Gasteiger partial charge in [-0.1, -0.05) is 31.2 Å². The first kappa shape index (κ1) is 24.8. The third-order valence-electron chi connectivity index (χ3n) is 6.02. The summed E-state index contributed by atoms with van der Waals surface area (Å²) in [7, 11) is -3.72. The van der Waals surface area contributed by atoms with Crippen LogP contribution in [-0.4, -0.2) is 46.0 Å². The Balaban J connectivity index is 1.68. The van der Waals surface area contributed by atoms with Crippen LogP contribution in [0.15, 0.2) is 48.5 Å². The fraction of sp³-hybridized carbons (Fsp3) is 0.440. The molecular formula is C25H33N3O4S. The molecule has 0 bridgehead atoms. The summed E-state index contributed by atoms with van der Waals surface area (Å²) in [6, 6.07) is 14.2. The molecule has 1 fully saturated rings. The van der Waals surface area contributed by atoms with Crippen LogP contribution in [-0.2, 0) is 14.8 Å². The number of anilines is 2. The molecule has 1 N–H and O–H groups in total. The van der Waals surface area contributed by atoms with Gasteiger partial charge in [0.05, 0.1) is 18.0 Å². The number of carbonyl (C=O) groups excluding carboxylic acids is 2. The summed E-state index contributed by atoms with van der Waals surface area (Å²) in [4.78, 5) is 26.8. The monoisotopic (exact) mass is 471 g/mol. The highest BCUT2D eigenvalue weighted by Crippen LogP contribution is 2.25. The molecule has 1 aliphatic heterocycles. The number of nitrogens with one attached hydrogen (secondary N) is 1. The Morgan fingerprint density at radius 3 is 2.48 bits per heavy atom. The number of ketones is 1. The number of rotatable bonds is 8. The number of Topliss-reactive ketones (excluding diaryl/α,β-unsaturated/α-hetero) is 1. The summed E-state index contributed by atoms with van der Waals surface area (Å²) in [6.07, 6.45) is 3.51. The van der Waals surface area contributed by atoms with Gasteiger partial charge in [-0.15, -0.1) is 0 Å². The average Bonchev–Trinajstić information content (AvgIpc) is 2.77. The van der Waals surface area contributed by atoms with E-state index in [1.807, 2.05) is 19.1 Å². The second-order valence-corrected chi connectivity index (χ2v) is 10.9. The molecule has 0 radical (unpaired) electrons. The molecule has 33 heavy (non-hydrogen) atoms. The van der Waals surface area contributed by atoms with Crippen molar-refractivity contribution in [2.45, 2.75) is 39.7 Å². The molecule has 2 unspecified atom stereocenters. The SMILES string of the molecule is CC(=O)c1cccc(N(CC(=O)NC(C)c2ccc(N3CCCC(C)C3)cc2)S(C)(=O)=O)c1. The minimum atomic E-state index is -3.72. The lowest BCUT2D eigenvalue weighted by atomic mass is 9.99. The van der Waals surface area contributed by atoms with Crippen molar-refractivity contribution in [3.05, 3.63) is 59.7 Å². The quantitative estimate of drug-likeness (QED) is 0.592. The largest absolute Gasteiger partial charge is 0.371 e. The molecule has 1 aliphatic rings. The zero-order valence-corrected chi connectivity index (χ0v) is 20.6. The van der Waals surface area contributed by atoms with Crippen molar-refractivity contribution in [1.29, 1.82) is 0 Å². The molecule has 3 rings (SSSR count). The summed E-state index contributed by atoms with van der Waals surface area (Å²) in [5, 5.41) is 2.89. The normalized spacial score (nSPS) is 17.3. The summed E-state index contributed by atoms with van der Waals surface area (Å²) < 4.78 is 25.8. The lowest BCUT2D eigenvalue weighted by Crippen LogP contribution is -2.41. The predicted molar refractivity (Wildman–Crippen MR) is 132 cm³/mol. The number of benzene rings is 2. The van der Waals surface area contributed by atoms with Gasteiger partial charge in [-0.25, -0.2) is 8.42 Å². The summed E-state index contributed by atoms with van der Waals surface area (Å²) in [5.74, 6) is 0.0893. The number of piperidine rings is 1. The van der Waals surface area contributed by atoms with E-state index in [0.29, 0.717) is 11.5 Å². The lowest BCUT2D eigenvalue weighted by molar-refractivity contribution is -0.120. The lowest BCUT2D eigenvalue weighted by Gasteiger charge is -2.33. The molecule has 2 atom stereocenters. The maximum atomic E-state index is 12.7. The molecule has 1 heterocycles. The van der Waals surface area contributed by atoms with E-state index in [-0.39, 0.29) is 24.1 Å². The van der Waals surface area contributed by atoms with Gasteiger partial charge in [0.2, 0.25) is 15.9 Å². The van der Waals surface area contributed by atoms with Crippen LogP contribution in [0.5, 0.6) is 0 Å². The van der Waals surface area contributed by atoms with Gasteiger partial charge in [0.15, 0.2) is 5.78 Å². The molecule has 2 aromatic rings. The van der Waals surface area contributed by atoms with Gasteiger partial charge in [-0.2, -0.15) is 0 Å². The van der Waals surface area contributed by atoms with Crippen molar-refractivity contribution in [2.24, 2.45) is 5.92 Å². The first-order chi connectivity index (χ1) is 15.5. The molecule has 8 heteroatoms. The fourth-order valence-corrected chi connectivity index (χ4v) is 5.03. The van der Waals surface area contributed by atoms with Crippen LogP contribution >= 0.6 is 0 Å². The molecule has 7 nitrogen and oxygen atoms in total. The molecule has 0 aliphatic carbocycles. The Morgan fingerprint density at radius 2 is 1.88 bits per heavy atom. The van der Waals surface area contributed by atoms with Gasteiger partial charge >= 0.3 is 0 Å². The minimum Gasteiger partial charge on any atom is -0.371 e. The Bertz CT molecular complexity index is 1100. The van der Waals surface area contributed by atoms with Crippen LogP contribution < -0.4 is 14.5 Å². The van der Waals surface area contributed by atoms with E-state index in [4.69, 9.17) is 0 Å². The van der Waals surface area contributed by atoms with Crippen LogP contribution in [0, 0.1) is 5.92 Å². The Morgan fingerprint density at radius 1 is 1.18 bits per heavy atom. The van der Waals surface area contributed by atoms with E-state index in [0.717, 1.165) is 29.2 Å². The van der Waals surface area contributed by atoms with Gasteiger partial charge < -0.3 is 10.2 Å². The third kappa shape index (κ3) is 6.57. The number of sulfonamides is 1. The minimum absolute atomic E-state index is 0.175. The van der Waals surface area contributed by atoms with E-state index in [2.05, 4.69) is 29.3 Å². The molecule has 1 saturated heterocycles. The maximum Gasteiger partial charge on any atom is 0.241 e. The van der Waals surface area contributed by atoms with Crippen LogP contribution in [0.25, 0.3) is 0 Å². The third-order valence-corrected chi connectivity index (χ3v) is 7.16. The Hall–Kier alpha value is -2.87. The zero-order chi connectivity index (χ0) is 24.2. The molecule has 0 spiro atoms. The van der Waals surface area contributed by atoms with Crippen LogP contribution in [0.3, 0.4) is 0 Å². The number of carbonyl (C=O) groups is 2. The second-order valence-electron chi connectivity index (χ2n) is 8.95. The number of nitrogens with zero attached hydrogens (tertiary/aromatic N) is 2. The standard InChI is InChI=1S/C25H33N3O4S/c1-18-7-6-14-27(16-18)23-12-10-21(11-13-23)19(2)26-25(30)17-28(33(4,31)32)24-9-5-8-22(15-24)20(3)29/h5,8-13,15,18-19H,6-7,14,16-17H2,1-4H3,(H,26,30). The number of hydrogen-bond acceptors (Lipinski definition) is 5. The van der Waals surface area contributed by atoms with Gasteiger partial charge in [-0.05, 0) is 62.4 Å². The van der Waals surface area contributed by atoms with E-state index in [9.17, 15) is 18.0 Å². The second kappa shape index (κ2) is 10.4. The van der Waals surface area contributed by atoms with E-state index >= 15 is 0 Å². The van der Waals surface area contributed by atoms with E-state index < -0.39 is 15.9 Å². The fourth-order valence-electron chi connectivity index (χ4n) is 4.18. The van der Waals surface area contributed by atoms with Crippen molar-refractivity contribution in [2.75, 3.05) is 35.1 Å². The molecule has 178 valence electrons. The van der Waals surface area contributed by atoms with Crippen molar-refractivity contribution >= 4 is 33.1 Å². The van der Waals surface area contributed by atoms with Gasteiger partial charge in [0, 0.05) is 24.3 Å². The van der Waals surface area contributed by atoms with Crippen LogP contribution in [0.1, 0.15) is 55.6 Å². The molecule has 0 saturated carbocycles. The van der Waals surface area contributed by atoms with E-state index in [1.165, 1.54) is 31.5 Å². The van der Waals surface area contributed by atoms with Crippen molar-refractivity contribution in [3.63, 3.8) is 0 Å². The molecule has 2 aromatic carbocycles. The first-order valence-corrected chi connectivity index (χ1v) is 13.1. The highest BCUT2D eigenvalue weighted by Gasteiger charge is 2.23. The highest BCUT2D eigenvalue weighted by molar-refractivity contribution is 7.92. The van der Waals surface area contributed by atoms with Gasteiger partial charge in [0.1, 0.15) is 6.54 Å². The van der Waals surface area contributed by atoms with Crippen LogP contribution in [0.2, 0.25) is 0 Å². The molecule has 1 amide bonds. The number of amides is 1. The van der Waals surface area contributed by atoms with Crippen molar-refractivity contribution in [1.82, 2.24) is 5.32 Å². The highest BCUT2D eigenvalue weighted by atomic mass is 32.2. The Kier molecular flexibility index (Phi) is 7.79. The molecular weight excluding hydrogens is 438 g/mol. The summed E-state index contributed by atoms with van der Waals surface area (Å²) in [6.45, 7) is 7.30. The average molecular weight is 472 g/mol. The van der Waals surface area contributed by atoms with E-state index in [1.54, 1.807) is 18.2 Å². The van der Waals surface area contributed by atoms with Crippen molar-refractivity contribution in [3.8, 4) is 0 Å². The van der Waals surface area contributed by atoms with Gasteiger partial charge in [0.25, 0.3) is 0 Å². The zero-order valence-electron chi connectivity index (χ0n) is 19.7. The maximum absolute atomic E-state index is 12.7. The summed E-state index contributed by atoms with van der Waals surface area (Å²) >= 11 is 0. The molecule has 0 aromatic heterocycles. The number of hydrogen-bond donors (Lipinski definition) is 1. The summed E-state index contributed by atoms with van der Waals surface area (Å²) in [5.41, 5.74) is 2.80. The Labute approximate surface area is 196 Å². The van der Waals surface area contributed by atoms with Gasteiger partial charge in [-0.3, -0.25) is 13.9 Å². The van der Waals surface area contributed by atoms with Crippen molar-refractivity contribution < 1.29 is 18.0 Å².